The molecule has 1 saturated heterocycles. The number of ether oxygens (including phenoxy) is 1. The van der Waals surface area contributed by atoms with Crippen molar-refractivity contribution in [1.82, 2.24) is 9.88 Å². The highest BCUT2D eigenvalue weighted by atomic mass is 16.5. The van der Waals surface area contributed by atoms with Crippen molar-refractivity contribution in [2.24, 2.45) is 5.92 Å². The van der Waals surface area contributed by atoms with Crippen LogP contribution in [0.5, 0.6) is 5.75 Å². The number of hydrogen-bond acceptors (Lipinski definition) is 2. The Bertz CT molecular complexity index is 918. The molecule has 0 amide bonds. The minimum atomic E-state index is 0.599. The standard InChI is InChI=1S/C22H22N2O/c1-2-4-16(5-3-1)15-25-18-6-7-19-20(13-23-22(19)12-18)21-14-24-10-8-17(21)9-11-24/h1-7,12-14,17,23H,8-11,15H2. The number of aromatic amines is 1. The van der Waals surface area contributed by atoms with Crippen molar-refractivity contribution in [3.63, 3.8) is 0 Å². The SMILES string of the molecule is C1=C(c2c[nH]c3cc(OCc4ccccc4)ccc23)C2CCN1CC2. The molecule has 1 aromatic heterocycles. The van der Waals surface area contributed by atoms with Crippen molar-refractivity contribution >= 4 is 16.5 Å². The molecule has 3 aromatic rings. The molecule has 3 heteroatoms. The number of nitrogens with one attached hydrogen (secondary N) is 1. The van der Waals surface area contributed by atoms with E-state index in [1.807, 2.05) is 18.2 Å². The number of nitrogens with zero attached hydrogens (tertiary/aromatic N) is 1. The highest BCUT2D eigenvalue weighted by Gasteiger charge is 2.28. The zero-order chi connectivity index (χ0) is 16.6. The quantitative estimate of drug-likeness (QED) is 0.743. The van der Waals surface area contributed by atoms with Crippen molar-refractivity contribution in [2.45, 2.75) is 19.4 Å². The summed E-state index contributed by atoms with van der Waals surface area (Å²) < 4.78 is 5.96. The predicted octanol–water partition coefficient (Wildman–Crippen LogP) is 4.81. The van der Waals surface area contributed by atoms with Gasteiger partial charge in [-0.2, -0.15) is 0 Å². The molecule has 6 rings (SSSR count). The fourth-order valence-corrected chi connectivity index (χ4v) is 4.11. The summed E-state index contributed by atoms with van der Waals surface area (Å²) in [5, 5.41) is 1.30. The number of piperidine rings is 1. The van der Waals surface area contributed by atoms with Crippen molar-refractivity contribution < 1.29 is 4.74 Å². The van der Waals surface area contributed by atoms with Crippen LogP contribution in [0.15, 0.2) is 60.9 Å². The Kier molecular flexibility index (Phi) is 3.51. The van der Waals surface area contributed by atoms with Crippen molar-refractivity contribution in [2.75, 3.05) is 13.1 Å². The molecule has 3 nitrogen and oxygen atoms in total. The maximum atomic E-state index is 5.96. The lowest BCUT2D eigenvalue weighted by atomic mass is 9.82. The summed E-state index contributed by atoms with van der Waals surface area (Å²) in [4.78, 5) is 5.91. The lowest BCUT2D eigenvalue weighted by Gasteiger charge is -2.39. The molecule has 0 unspecified atom stereocenters. The smallest absolute Gasteiger partial charge is 0.121 e. The summed E-state index contributed by atoms with van der Waals surface area (Å²) in [6.45, 7) is 3.03. The van der Waals surface area contributed by atoms with E-state index in [1.165, 1.54) is 48.0 Å². The zero-order valence-corrected chi connectivity index (χ0v) is 14.2. The Hall–Kier alpha value is -2.68. The van der Waals surface area contributed by atoms with Crippen LogP contribution in [0.1, 0.15) is 24.0 Å². The molecule has 2 aromatic carbocycles. The first-order valence-electron chi connectivity index (χ1n) is 9.11. The first-order chi connectivity index (χ1) is 12.4. The maximum Gasteiger partial charge on any atom is 0.121 e. The monoisotopic (exact) mass is 330 g/mol. The molecule has 4 heterocycles. The molecule has 25 heavy (non-hydrogen) atoms. The Morgan fingerprint density at radius 1 is 1.04 bits per heavy atom. The summed E-state index contributed by atoms with van der Waals surface area (Å²) in [7, 11) is 0. The van der Waals surface area contributed by atoms with Crippen LogP contribution in [0.2, 0.25) is 0 Å². The van der Waals surface area contributed by atoms with Crippen LogP contribution in [0.4, 0.5) is 0 Å². The lowest BCUT2D eigenvalue weighted by Crippen LogP contribution is -2.35. The van der Waals surface area contributed by atoms with E-state index in [-0.39, 0.29) is 0 Å². The number of fused-ring (bicyclic) bond motifs is 3. The molecule has 0 saturated carbocycles. The van der Waals surface area contributed by atoms with Crippen LogP contribution in [-0.2, 0) is 6.61 Å². The van der Waals surface area contributed by atoms with Crippen molar-refractivity contribution in [3.8, 4) is 5.75 Å². The van der Waals surface area contributed by atoms with Gasteiger partial charge in [-0.1, -0.05) is 30.3 Å². The fraction of sp³-hybridized carbons (Fsp3) is 0.273. The van der Waals surface area contributed by atoms with E-state index in [1.54, 1.807) is 0 Å². The van der Waals surface area contributed by atoms with Gasteiger partial charge in [0.1, 0.15) is 12.4 Å². The summed E-state index contributed by atoms with van der Waals surface area (Å²) in [6, 6.07) is 16.7. The fourth-order valence-electron chi connectivity index (χ4n) is 4.11. The van der Waals surface area contributed by atoms with Crippen molar-refractivity contribution in [3.05, 3.63) is 72.1 Å². The molecule has 0 aliphatic carbocycles. The van der Waals surface area contributed by atoms with Gasteiger partial charge >= 0.3 is 0 Å². The number of aromatic nitrogens is 1. The molecule has 0 spiro atoms. The van der Waals surface area contributed by atoms with E-state index in [0.717, 1.165) is 17.2 Å². The highest BCUT2D eigenvalue weighted by molar-refractivity contribution is 5.94. The molecule has 3 aliphatic heterocycles. The van der Waals surface area contributed by atoms with Crippen LogP contribution in [-0.4, -0.2) is 23.0 Å². The second kappa shape index (κ2) is 5.99. The van der Waals surface area contributed by atoms with Crippen LogP contribution >= 0.6 is 0 Å². The van der Waals surface area contributed by atoms with E-state index >= 15 is 0 Å². The Morgan fingerprint density at radius 3 is 2.64 bits per heavy atom. The number of allylic oxidation sites excluding steroid dienone is 1. The van der Waals surface area contributed by atoms with Gasteiger partial charge in [0.15, 0.2) is 0 Å². The van der Waals surface area contributed by atoms with Crippen molar-refractivity contribution in [1.29, 1.82) is 0 Å². The third-order valence-corrected chi connectivity index (χ3v) is 5.50. The first-order valence-corrected chi connectivity index (χ1v) is 9.11. The summed E-state index contributed by atoms with van der Waals surface area (Å²) in [5.41, 5.74) is 5.20. The normalized spacial score (nSPS) is 17.1. The maximum absolute atomic E-state index is 5.96. The number of rotatable bonds is 4. The zero-order valence-electron chi connectivity index (χ0n) is 14.2. The van der Waals surface area contributed by atoms with Crippen LogP contribution in [0.25, 0.3) is 16.5 Å². The Labute approximate surface area is 147 Å². The third kappa shape index (κ3) is 2.70. The van der Waals surface area contributed by atoms with E-state index in [4.69, 9.17) is 4.74 Å². The molecule has 0 radical (unpaired) electrons. The topological polar surface area (TPSA) is 28.3 Å². The first kappa shape index (κ1) is 14.6. The average Bonchev–Trinajstić information content (AvgIpc) is 3.11. The van der Waals surface area contributed by atoms with Gasteiger partial charge in [0, 0.05) is 48.0 Å². The van der Waals surface area contributed by atoms with Crippen LogP contribution in [0.3, 0.4) is 0 Å². The molecular weight excluding hydrogens is 308 g/mol. The average molecular weight is 330 g/mol. The van der Waals surface area contributed by atoms with Gasteiger partial charge in [-0.05, 0) is 42.0 Å². The van der Waals surface area contributed by atoms with Gasteiger partial charge in [-0.25, -0.2) is 0 Å². The second-order valence-electron chi connectivity index (χ2n) is 7.08. The van der Waals surface area contributed by atoms with Gasteiger partial charge in [-0.15, -0.1) is 0 Å². The molecule has 0 atom stereocenters. The summed E-state index contributed by atoms with van der Waals surface area (Å²) in [5.74, 6) is 1.63. The Morgan fingerprint density at radius 2 is 1.88 bits per heavy atom. The summed E-state index contributed by atoms with van der Waals surface area (Å²) in [6.07, 6.45) is 7.12. The van der Waals surface area contributed by atoms with E-state index in [9.17, 15) is 0 Å². The minimum absolute atomic E-state index is 0.599. The molecule has 126 valence electrons. The van der Waals surface area contributed by atoms with Gasteiger partial charge < -0.3 is 14.6 Å². The molecule has 1 N–H and O–H groups in total. The molecule has 2 bridgehead atoms. The van der Waals surface area contributed by atoms with Gasteiger partial charge in [0.25, 0.3) is 0 Å². The van der Waals surface area contributed by atoms with Gasteiger partial charge in [0.05, 0.1) is 0 Å². The number of benzene rings is 2. The second-order valence-corrected chi connectivity index (χ2v) is 7.08. The number of hydrogen-bond donors (Lipinski definition) is 1. The summed E-state index contributed by atoms with van der Waals surface area (Å²) >= 11 is 0. The lowest BCUT2D eigenvalue weighted by molar-refractivity contribution is 0.252. The third-order valence-electron chi connectivity index (χ3n) is 5.50. The largest absolute Gasteiger partial charge is 0.489 e. The molecule has 1 fully saturated rings. The van der Waals surface area contributed by atoms with E-state index in [0.29, 0.717) is 6.61 Å². The van der Waals surface area contributed by atoms with Crippen LogP contribution < -0.4 is 4.74 Å². The van der Waals surface area contributed by atoms with Crippen LogP contribution in [0, 0.1) is 5.92 Å². The number of H-pyrrole nitrogens is 1. The van der Waals surface area contributed by atoms with E-state index in [2.05, 4.69) is 52.6 Å². The minimum Gasteiger partial charge on any atom is -0.489 e. The molecular formula is C22H22N2O. The highest BCUT2D eigenvalue weighted by Crippen LogP contribution is 2.40. The van der Waals surface area contributed by atoms with Gasteiger partial charge in [-0.3, -0.25) is 0 Å². The van der Waals surface area contributed by atoms with Gasteiger partial charge in [0.2, 0.25) is 0 Å². The van der Waals surface area contributed by atoms with E-state index < -0.39 is 0 Å². The molecule has 3 aliphatic rings. The predicted molar refractivity (Wildman–Crippen MR) is 101 cm³/mol. The Balaban J connectivity index is 1.41.